The van der Waals surface area contributed by atoms with Crippen molar-refractivity contribution < 1.29 is 17.9 Å². The summed E-state index contributed by atoms with van der Waals surface area (Å²) in [5.74, 6) is 0.748. The second kappa shape index (κ2) is 10.3. The van der Waals surface area contributed by atoms with Crippen molar-refractivity contribution in [1.82, 2.24) is 14.5 Å². The van der Waals surface area contributed by atoms with Gasteiger partial charge in [-0.1, -0.05) is 23.7 Å². The molecule has 0 radical (unpaired) electrons. The smallest absolute Gasteiger partial charge is 0.243 e. The Balaban J connectivity index is 1.41. The van der Waals surface area contributed by atoms with Gasteiger partial charge in [0.1, 0.15) is 5.75 Å². The van der Waals surface area contributed by atoms with E-state index in [9.17, 15) is 13.2 Å². The van der Waals surface area contributed by atoms with E-state index in [1.165, 1.54) is 16.4 Å². The first kappa shape index (κ1) is 22.6. The van der Waals surface area contributed by atoms with Crippen molar-refractivity contribution in [1.29, 1.82) is 0 Å². The number of hydrogen-bond donors (Lipinski definition) is 1. The second-order valence-corrected chi connectivity index (χ2v) is 9.46. The van der Waals surface area contributed by atoms with E-state index in [0.29, 0.717) is 37.7 Å². The number of carbonyl (C=O) groups excluding carboxylic acids is 1. The van der Waals surface area contributed by atoms with Crippen molar-refractivity contribution >= 4 is 27.5 Å². The van der Waals surface area contributed by atoms with Gasteiger partial charge in [0.25, 0.3) is 0 Å². The maximum atomic E-state index is 12.7. The molecule has 1 amide bonds. The van der Waals surface area contributed by atoms with Crippen molar-refractivity contribution in [3.05, 3.63) is 59.1 Å². The van der Waals surface area contributed by atoms with Gasteiger partial charge in [-0.05, 0) is 48.4 Å². The van der Waals surface area contributed by atoms with Crippen molar-refractivity contribution in [3.63, 3.8) is 0 Å². The number of nitrogens with zero attached hydrogens (tertiary/aromatic N) is 2. The Hall–Kier alpha value is -2.13. The molecule has 1 fully saturated rings. The molecule has 1 heterocycles. The monoisotopic (exact) mass is 451 g/mol. The number of benzene rings is 2. The van der Waals surface area contributed by atoms with Crippen LogP contribution in [-0.4, -0.2) is 69.9 Å². The summed E-state index contributed by atoms with van der Waals surface area (Å²) >= 11 is 5.84. The van der Waals surface area contributed by atoms with Crippen LogP contribution in [0, 0.1) is 0 Å². The minimum atomic E-state index is -3.54. The van der Waals surface area contributed by atoms with Gasteiger partial charge in [0, 0.05) is 37.7 Å². The highest BCUT2D eigenvalue weighted by atomic mass is 35.5. The number of methoxy groups -OCH3 is 1. The molecule has 0 aromatic heterocycles. The fourth-order valence-electron chi connectivity index (χ4n) is 3.28. The normalized spacial score (nSPS) is 15.7. The standard InChI is InChI=1S/C21H26ClN3O4S/c1-29-19-6-2-17(3-7-19)10-11-23-21(26)16-24-12-14-25(15-13-24)30(27,28)20-8-4-18(22)5-9-20/h2-9H,10-16H2,1H3,(H,23,26). The molecule has 3 rings (SSSR count). The zero-order valence-corrected chi connectivity index (χ0v) is 18.5. The van der Waals surface area contributed by atoms with E-state index in [2.05, 4.69) is 5.32 Å². The lowest BCUT2D eigenvalue weighted by molar-refractivity contribution is -0.122. The summed E-state index contributed by atoms with van der Waals surface area (Å²) < 4.78 is 32.0. The van der Waals surface area contributed by atoms with E-state index in [0.717, 1.165) is 17.7 Å². The van der Waals surface area contributed by atoms with Crippen LogP contribution >= 0.6 is 11.6 Å². The molecule has 9 heteroatoms. The highest BCUT2D eigenvalue weighted by Crippen LogP contribution is 2.19. The third kappa shape index (κ3) is 5.95. The van der Waals surface area contributed by atoms with Crippen LogP contribution < -0.4 is 10.1 Å². The molecule has 1 aliphatic rings. The van der Waals surface area contributed by atoms with Crippen LogP contribution in [0.4, 0.5) is 0 Å². The van der Waals surface area contributed by atoms with E-state index in [1.807, 2.05) is 29.2 Å². The van der Waals surface area contributed by atoms with E-state index in [-0.39, 0.29) is 17.3 Å². The van der Waals surface area contributed by atoms with Gasteiger partial charge in [0.15, 0.2) is 0 Å². The fraction of sp³-hybridized carbons (Fsp3) is 0.381. The molecular weight excluding hydrogens is 426 g/mol. The van der Waals surface area contributed by atoms with E-state index in [4.69, 9.17) is 16.3 Å². The van der Waals surface area contributed by atoms with Gasteiger partial charge in [-0.3, -0.25) is 9.69 Å². The topological polar surface area (TPSA) is 79.0 Å². The molecule has 7 nitrogen and oxygen atoms in total. The number of sulfonamides is 1. The Morgan fingerprint density at radius 3 is 2.27 bits per heavy atom. The maximum Gasteiger partial charge on any atom is 0.243 e. The molecule has 0 unspecified atom stereocenters. The first-order chi connectivity index (χ1) is 14.4. The Morgan fingerprint density at radius 1 is 1.03 bits per heavy atom. The molecule has 30 heavy (non-hydrogen) atoms. The summed E-state index contributed by atoms with van der Waals surface area (Å²) in [6.45, 7) is 2.54. The van der Waals surface area contributed by atoms with Gasteiger partial charge >= 0.3 is 0 Å². The molecule has 2 aromatic rings. The number of ether oxygens (including phenoxy) is 1. The number of hydrogen-bond acceptors (Lipinski definition) is 5. The van der Waals surface area contributed by atoms with Gasteiger partial charge in [0.2, 0.25) is 15.9 Å². The minimum Gasteiger partial charge on any atom is -0.497 e. The van der Waals surface area contributed by atoms with Crippen LogP contribution in [0.1, 0.15) is 5.56 Å². The third-order valence-electron chi connectivity index (χ3n) is 5.04. The molecule has 0 bridgehead atoms. The van der Waals surface area contributed by atoms with Crippen LogP contribution in [0.5, 0.6) is 5.75 Å². The van der Waals surface area contributed by atoms with Gasteiger partial charge in [-0.2, -0.15) is 4.31 Å². The first-order valence-electron chi connectivity index (χ1n) is 9.76. The summed E-state index contributed by atoms with van der Waals surface area (Å²) in [6.07, 6.45) is 0.739. The molecule has 1 N–H and O–H groups in total. The average molecular weight is 452 g/mol. The predicted molar refractivity (Wildman–Crippen MR) is 116 cm³/mol. The summed E-state index contributed by atoms with van der Waals surface area (Å²) in [4.78, 5) is 14.4. The Kier molecular flexibility index (Phi) is 7.71. The lowest BCUT2D eigenvalue weighted by atomic mass is 10.1. The minimum absolute atomic E-state index is 0.0579. The van der Waals surface area contributed by atoms with E-state index >= 15 is 0 Å². The molecule has 1 aliphatic heterocycles. The molecule has 2 aromatic carbocycles. The number of halogens is 1. The summed E-state index contributed by atoms with van der Waals surface area (Å²) in [5.41, 5.74) is 1.12. The molecule has 0 spiro atoms. The maximum absolute atomic E-state index is 12.7. The first-order valence-corrected chi connectivity index (χ1v) is 11.6. The van der Waals surface area contributed by atoms with Gasteiger partial charge < -0.3 is 10.1 Å². The number of nitrogens with one attached hydrogen (secondary N) is 1. The second-order valence-electron chi connectivity index (χ2n) is 7.08. The van der Waals surface area contributed by atoms with Crippen molar-refractivity contribution in [2.24, 2.45) is 0 Å². The summed E-state index contributed by atoms with van der Waals surface area (Å²) in [5, 5.41) is 3.42. The van der Waals surface area contributed by atoms with Crippen LogP contribution in [0.15, 0.2) is 53.4 Å². The summed E-state index contributed by atoms with van der Waals surface area (Å²) in [6, 6.07) is 13.9. The SMILES string of the molecule is COc1ccc(CCNC(=O)CN2CCN(S(=O)(=O)c3ccc(Cl)cc3)CC2)cc1. The molecule has 162 valence electrons. The molecule has 0 atom stereocenters. The van der Waals surface area contributed by atoms with Gasteiger partial charge in [-0.15, -0.1) is 0 Å². The molecule has 0 saturated carbocycles. The lowest BCUT2D eigenvalue weighted by Gasteiger charge is -2.33. The Labute approximate surface area is 182 Å². The Morgan fingerprint density at radius 2 is 1.67 bits per heavy atom. The number of carbonyl (C=O) groups is 1. The summed E-state index contributed by atoms with van der Waals surface area (Å²) in [7, 11) is -1.91. The number of rotatable bonds is 8. The van der Waals surface area contributed by atoms with E-state index < -0.39 is 10.0 Å². The third-order valence-corrected chi connectivity index (χ3v) is 7.21. The average Bonchev–Trinajstić information content (AvgIpc) is 2.75. The van der Waals surface area contributed by atoms with Gasteiger partial charge in [0.05, 0.1) is 18.6 Å². The highest BCUT2D eigenvalue weighted by molar-refractivity contribution is 7.89. The van der Waals surface area contributed by atoms with Crippen LogP contribution in [-0.2, 0) is 21.2 Å². The van der Waals surface area contributed by atoms with Crippen molar-refractivity contribution in [2.45, 2.75) is 11.3 Å². The Bertz CT molecular complexity index is 941. The van der Waals surface area contributed by atoms with Gasteiger partial charge in [-0.25, -0.2) is 8.42 Å². The molecule has 0 aliphatic carbocycles. The predicted octanol–water partition coefficient (Wildman–Crippen LogP) is 2.01. The van der Waals surface area contributed by atoms with Crippen LogP contribution in [0.25, 0.3) is 0 Å². The lowest BCUT2D eigenvalue weighted by Crippen LogP contribution is -2.51. The fourth-order valence-corrected chi connectivity index (χ4v) is 4.83. The van der Waals surface area contributed by atoms with E-state index in [1.54, 1.807) is 19.2 Å². The highest BCUT2D eigenvalue weighted by Gasteiger charge is 2.28. The largest absolute Gasteiger partial charge is 0.497 e. The van der Waals surface area contributed by atoms with Crippen molar-refractivity contribution in [2.75, 3.05) is 46.4 Å². The quantitative estimate of drug-likeness (QED) is 0.664. The molecule has 1 saturated heterocycles. The van der Waals surface area contributed by atoms with Crippen LogP contribution in [0.2, 0.25) is 5.02 Å². The zero-order valence-electron chi connectivity index (χ0n) is 16.9. The van der Waals surface area contributed by atoms with Crippen molar-refractivity contribution in [3.8, 4) is 5.75 Å². The zero-order chi connectivity index (χ0) is 21.6. The van der Waals surface area contributed by atoms with Crippen LogP contribution in [0.3, 0.4) is 0 Å². The number of piperazine rings is 1. The number of amides is 1. The molecular formula is C21H26ClN3O4S.